The third-order valence-electron chi connectivity index (χ3n) is 9.14. The first-order chi connectivity index (χ1) is 25.4. The van der Waals surface area contributed by atoms with E-state index < -0.39 is 151 Å². The van der Waals surface area contributed by atoms with E-state index in [0.29, 0.717) is 0 Å². The summed E-state index contributed by atoms with van der Waals surface area (Å²) in [5.74, 6) is -8.93. The Morgan fingerprint density at radius 3 is 2.23 bits per heavy atom. The maximum Gasteiger partial charge on any atom is 0.336 e. The summed E-state index contributed by atoms with van der Waals surface area (Å²) in [7, 11) is -2.97. The predicted octanol–water partition coefficient (Wildman–Crippen LogP) is -1.46. The standard InChI is InChI=1S/C27H31NO11.C6H8O7/c1-10-22(31)13(28)6-17(38-10)39-15-8-27(36,16(30)9-29)7-12-19(15)26(35)21-20(24(12)33)23(32)11-4-3-5-14(37-2)18(11)25(21)34;7-3(8)1-6(13,5(11)12)2-4(9)10/h3-5,10,13,15-17,22,29-31,33,35-36H,6-9,28H2,1-2H3;13H,1-2H2,(H,7,8)(H,9,10)(H,11,12)/t10?,13?,15-,16+,17?,22?,27-;/m1./s1/i2+1D3;. The van der Waals surface area contributed by atoms with Gasteiger partial charge in [-0.3, -0.25) is 19.2 Å². The van der Waals surface area contributed by atoms with Crippen LogP contribution in [0.2, 0.25) is 0 Å². The molecule has 2 aromatic rings. The molecule has 0 radical (unpaired) electrons. The number of phenolic OH excluding ortho intramolecular Hbond substituents is 2. The van der Waals surface area contributed by atoms with Crippen molar-refractivity contribution in [2.45, 2.75) is 87.0 Å². The van der Waals surface area contributed by atoms with Crippen LogP contribution in [0.25, 0.3) is 0 Å². The van der Waals surface area contributed by atoms with Crippen molar-refractivity contribution in [1.29, 1.82) is 0 Å². The van der Waals surface area contributed by atoms with Crippen molar-refractivity contribution in [2.24, 2.45) is 5.73 Å². The number of nitrogens with two attached hydrogens (primary N) is 1. The van der Waals surface area contributed by atoms with E-state index in [1.54, 1.807) is 6.92 Å². The van der Waals surface area contributed by atoms with Gasteiger partial charge in [-0.2, -0.15) is 0 Å². The molecule has 2 aromatic carbocycles. The molecule has 12 N–H and O–H groups in total. The third kappa shape index (κ3) is 7.43. The van der Waals surface area contributed by atoms with Crippen molar-refractivity contribution >= 4 is 29.5 Å². The van der Waals surface area contributed by atoms with Crippen molar-refractivity contribution in [3.63, 3.8) is 0 Å². The van der Waals surface area contributed by atoms with E-state index in [-0.39, 0.29) is 23.1 Å². The Labute approximate surface area is 298 Å². The zero-order valence-electron chi connectivity index (χ0n) is 30.3. The van der Waals surface area contributed by atoms with E-state index in [9.17, 15) is 54.6 Å². The molecular weight excluding hydrogens is 699 g/mol. The van der Waals surface area contributed by atoms with Crippen molar-refractivity contribution < 1.29 is 93.4 Å². The highest BCUT2D eigenvalue weighted by Gasteiger charge is 2.50. The Hall–Kier alpha value is -4.73. The van der Waals surface area contributed by atoms with Gasteiger partial charge in [0, 0.05) is 42.0 Å². The average molecular weight is 742 g/mol. The van der Waals surface area contributed by atoms with Crippen LogP contribution in [0.3, 0.4) is 0 Å². The van der Waals surface area contributed by atoms with Gasteiger partial charge < -0.3 is 71.0 Å². The number of phenols is 2. The lowest BCUT2D eigenvalue weighted by atomic mass is 9.71. The Morgan fingerprint density at radius 1 is 1.08 bits per heavy atom. The summed E-state index contributed by atoms with van der Waals surface area (Å²) in [6.45, 7) is 0.683. The first-order valence-corrected chi connectivity index (χ1v) is 15.5. The van der Waals surface area contributed by atoms with Gasteiger partial charge in [-0.1, -0.05) is 12.1 Å². The van der Waals surface area contributed by atoms with Crippen LogP contribution in [-0.2, 0) is 30.3 Å². The van der Waals surface area contributed by atoms with E-state index in [1.807, 2.05) is 0 Å². The number of hydrogen-bond donors (Lipinski definition) is 11. The molecule has 19 heteroatoms. The fourth-order valence-electron chi connectivity index (χ4n) is 6.47. The van der Waals surface area contributed by atoms with Crippen molar-refractivity contribution in [3.05, 3.63) is 51.6 Å². The summed E-state index contributed by atoms with van der Waals surface area (Å²) in [6.07, 6.45) is -9.28. The van der Waals surface area contributed by atoms with Gasteiger partial charge in [0.25, 0.3) is 0 Å². The minimum Gasteiger partial charge on any atom is -0.507 e. The molecule has 0 bridgehead atoms. The van der Waals surface area contributed by atoms with Crippen LogP contribution < -0.4 is 10.5 Å². The number of rotatable bonds is 10. The molecule has 284 valence electrons. The molecule has 19 nitrogen and oxygen atoms in total. The lowest BCUT2D eigenvalue weighted by Crippen LogP contribution is -2.53. The molecule has 0 saturated carbocycles. The molecule has 1 fully saturated rings. The van der Waals surface area contributed by atoms with Crippen molar-refractivity contribution in [3.8, 4) is 17.2 Å². The van der Waals surface area contributed by atoms with Crippen LogP contribution in [0, 0.1) is 0 Å². The monoisotopic (exact) mass is 741 g/mol. The Morgan fingerprint density at radius 2 is 1.69 bits per heavy atom. The minimum atomic E-state index is -2.97. The van der Waals surface area contributed by atoms with E-state index in [4.69, 9.17) is 44.5 Å². The number of ketones is 2. The number of carbonyl (C=O) groups is 5. The highest BCUT2D eigenvalue weighted by atomic mass is 16.7. The Kier molecular flexibility index (Phi) is 10.3. The summed E-state index contributed by atoms with van der Waals surface area (Å²) in [4.78, 5) is 57.9. The van der Waals surface area contributed by atoms with Gasteiger partial charge in [0.15, 0.2) is 17.7 Å². The molecule has 5 rings (SSSR count). The summed E-state index contributed by atoms with van der Waals surface area (Å²) >= 11 is 0. The number of aliphatic hydroxyl groups is 5. The maximum absolute atomic E-state index is 13.8. The van der Waals surface area contributed by atoms with E-state index in [2.05, 4.69) is 0 Å². The van der Waals surface area contributed by atoms with Crippen LogP contribution in [0.15, 0.2) is 18.2 Å². The van der Waals surface area contributed by atoms with Gasteiger partial charge in [0.1, 0.15) is 23.4 Å². The lowest BCUT2D eigenvalue weighted by molar-refractivity contribution is -0.251. The number of aliphatic carboxylic acids is 3. The number of aliphatic hydroxyl groups excluding tert-OH is 3. The number of carboxylic acids is 3. The topological polar surface area (TPSA) is 341 Å². The molecule has 0 aromatic heterocycles. The van der Waals surface area contributed by atoms with Gasteiger partial charge in [-0.25, -0.2) is 4.79 Å². The molecule has 7 atom stereocenters. The van der Waals surface area contributed by atoms with Gasteiger partial charge >= 0.3 is 17.9 Å². The second-order valence-electron chi connectivity index (χ2n) is 12.7. The van der Waals surface area contributed by atoms with Gasteiger partial charge in [0.2, 0.25) is 5.78 Å². The summed E-state index contributed by atoms with van der Waals surface area (Å²) in [6, 6.07) is 2.94. The van der Waals surface area contributed by atoms with Gasteiger partial charge in [0.05, 0.1) is 71.2 Å². The predicted molar refractivity (Wildman–Crippen MR) is 170 cm³/mol. The number of hydrogen-bond acceptors (Lipinski definition) is 16. The number of fused-ring (bicyclic) bond motifs is 3. The number of carbonyl (C=O) groups excluding carboxylic acids is 2. The van der Waals surface area contributed by atoms with E-state index in [0.717, 1.165) is 0 Å². The average Bonchev–Trinajstić information content (AvgIpc) is 3.05. The minimum absolute atomic E-state index is 0.0172. The number of aromatic hydroxyl groups is 2. The van der Waals surface area contributed by atoms with Gasteiger partial charge in [-0.15, -0.1) is 0 Å². The molecule has 4 unspecified atom stereocenters. The van der Waals surface area contributed by atoms with Crippen LogP contribution in [0.1, 0.15) is 85.8 Å². The summed E-state index contributed by atoms with van der Waals surface area (Å²) in [5, 5.41) is 98.4. The zero-order chi connectivity index (χ0) is 41.5. The SMILES string of the molecule is O=C(O)CC(O)(CC(=O)O)C(=O)O.[2H][13C]([2H])([2H])Oc1cccc2c1C(=O)c1c(O)c3c(c(O)c1C2=O)C[C@](O)([C@@H](O)CO)C[C@H]3OC1CC(N)C(O)C(C)O1. The normalized spacial score (nSPS) is 26.9. The molecular formula is C33H39NO18. The largest absolute Gasteiger partial charge is 0.507 e. The number of benzene rings is 2. The number of ether oxygens (including phenoxy) is 3. The second kappa shape index (κ2) is 15.1. The van der Waals surface area contributed by atoms with E-state index >= 15 is 0 Å². The highest BCUT2D eigenvalue weighted by molar-refractivity contribution is 6.31. The molecule has 1 saturated heterocycles. The lowest BCUT2D eigenvalue weighted by Gasteiger charge is -2.44. The highest BCUT2D eigenvalue weighted by Crippen LogP contribution is 2.53. The van der Waals surface area contributed by atoms with Crippen LogP contribution in [-0.4, -0.2) is 136 Å². The van der Waals surface area contributed by atoms with E-state index in [1.165, 1.54) is 18.2 Å². The molecule has 2 aliphatic carbocycles. The second-order valence-corrected chi connectivity index (χ2v) is 12.7. The third-order valence-corrected chi connectivity index (χ3v) is 9.14. The number of carboxylic acid groups (broad SMARTS) is 3. The molecule has 52 heavy (non-hydrogen) atoms. The van der Waals surface area contributed by atoms with Crippen LogP contribution in [0.5, 0.6) is 17.2 Å². The summed E-state index contributed by atoms with van der Waals surface area (Å²) in [5.41, 5.74) is -1.18. The molecule has 1 aliphatic heterocycles. The quantitative estimate of drug-likeness (QED) is 0.0835. The smallest absolute Gasteiger partial charge is 0.336 e. The van der Waals surface area contributed by atoms with Crippen LogP contribution in [0.4, 0.5) is 0 Å². The number of methoxy groups -OCH3 is 1. The first-order valence-electron chi connectivity index (χ1n) is 17.0. The fraction of sp³-hybridized carbons (Fsp3) is 0.485. The molecule has 3 aliphatic rings. The first kappa shape index (κ1) is 35.7. The van der Waals surface area contributed by atoms with Crippen molar-refractivity contribution in [1.82, 2.24) is 0 Å². The molecule has 1 heterocycles. The molecule has 0 spiro atoms. The zero-order valence-corrected chi connectivity index (χ0v) is 27.3. The Bertz CT molecular complexity index is 1860. The Balaban J connectivity index is 0.000000444. The summed E-state index contributed by atoms with van der Waals surface area (Å²) < 4.78 is 39.0. The maximum atomic E-state index is 13.8. The van der Waals surface area contributed by atoms with Crippen molar-refractivity contribution in [2.75, 3.05) is 13.6 Å². The van der Waals surface area contributed by atoms with Crippen LogP contribution >= 0.6 is 0 Å². The van der Waals surface area contributed by atoms with Gasteiger partial charge in [-0.05, 0) is 13.0 Å². The fourth-order valence-corrected chi connectivity index (χ4v) is 6.47. The molecule has 0 amide bonds.